The first-order valence-electron chi connectivity index (χ1n) is 18.7. The van der Waals surface area contributed by atoms with Crippen molar-refractivity contribution in [2.24, 2.45) is 22.9 Å². The third kappa shape index (κ3) is 13.8. The van der Waals surface area contributed by atoms with Gasteiger partial charge >= 0.3 is 0 Å². The van der Waals surface area contributed by atoms with Crippen LogP contribution in [0.3, 0.4) is 0 Å². The maximum absolute atomic E-state index is 13.8. The zero-order valence-electron chi connectivity index (χ0n) is 32.4. The Hall–Kier alpha value is -5.52. The predicted molar refractivity (Wildman–Crippen MR) is 214 cm³/mol. The van der Waals surface area contributed by atoms with Crippen molar-refractivity contribution in [2.75, 3.05) is 12.0 Å². The minimum absolute atomic E-state index is 0. The summed E-state index contributed by atoms with van der Waals surface area (Å²) in [6.07, 6.45) is 3.92. The number of hydrogen-bond acceptors (Lipinski definition) is 11. The number of carbonyl (C=O) groups excluding carboxylic acids is 4. The number of ether oxygens (including phenoxy) is 1. The van der Waals surface area contributed by atoms with Gasteiger partial charge in [0.15, 0.2) is 0 Å². The van der Waals surface area contributed by atoms with Crippen LogP contribution in [0.15, 0.2) is 101 Å². The average Bonchev–Trinajstić information content (AvgIpc) is 3.21. The molecule has 6 rings (SSSR count). The molecule has 1 radical (unpaired) electrons. The molecule has 0 saturated heterocycles. The number of pyridine rings is 1. The number of amides is 4. The number of rotatable bonds is 13. The maximum Gasteiger partial charge on any atom is 0.295 e. The molecule has 0 fully saturated rings. The molecular formula is C41H47N7O9STc. The number of fused-ring (bicyclic) bond motifs is 11. The quantitative estimate of drug-likeness (QED) is 0.0438. The standard InChI is InChI=1S/C41H47N7O9S.Tc/c1-26(2)20-34-33(40(51)48-53)7-5-19-57-32-16-13-27(14-17-32)21-35(46-39(34)50)41(52)44-23-29-11-9-28(10-12-29)22-43-38(49)31-15-18-37(42-24-31)47-45-25-30-6-3-4-8-36(30)58(54,55)56;/h3-4,6,8-18,24-26,33-35,53H,5,7,19-23H2,1-2H3,(H,42,47)(H,43,49)(H,44,52)(H,46,50)(H,48,51)(H,54,55,56);/b45-25+;/t33-,34+,35-;/m0./s1/i;1+1. The second-order valence-electron chi connectivity index (χ2n) is 14.3. The van der Waals surface area contributed by atoms with Crippen LogP contribution in [0.2, 0.25) is 0 Å². The number of hydroxylamine groups is 1. The van der Waals surface area contributed by atoms with Crippen LogP contribution in [0.1, 0.15) is 65.7 Å². The van der Waals surface area contributed by atoms with Crippen molar-refractivity contribution in [1.29, 1.82) is 0 Å². The van der Waals surface area contributed by atoms with Gasteiger partial charge in [-0.1, -0.05) is 68.4 Å². The minimum Gasteiger partial charge on any atom is -0.494 e. The number of nitrogens with zero attached hydrogens (tertiary/aromatic N) is 2. The van der Waals surface area contributed by atoms with Gasteiger partial charge in [0.1, 0.15) is 22.5 Å². The van der Waals surface area contributed by atoms with Crippen molar-refractivity contribution >= 4 is 45.8 Å². The van der Waals surface area contributed by atoms with Crippen molar-refractivity contribution in [3.8, 4) is 5.75 Å². The van der Waals surface area contributed by atoms with Crippen molar-refractivity contribution in [3.05, 3.63) is 119 Å². The Labute approximate surface area is 356 Å². The summed E-state index contributed by atoms with van der Waals surface area (Å²) in [4.78, 5) is 56.9. The Balaban J connectivity index is 0.00000769. The molecule has 0 saturated carbocycles. The first-order chi connectivity index (χ1) is 27.8. The summed E-state index contributed by atoms with van der Waals surface area (Å²) < 4.78 is 38.4. The van der Waals surface area contributed by atoms with Crippen LogP contribution in [0.4, 0.5) is 5.82 Å². The fraction of sp³-hybridized carbons (Fsp3) is 0.317. The van der Waals surface area contributed by atoms with E-state index < -0.39 is 45.7 Å². The number of hydrogen-bond donors (Lipinski definition) is 7. The van der Waals surface area contributed by atoms with Crippen molar-refractivity contribution in [3.63, 3.8) is 0 Å². The van der Waals surface area contributed by atoms with Crippen LogP contribution in [-0.4, -0.2) is 65.7 Å². The first-order valence-corrected chi connectivity index (χ1v) is 20.2. The molecule has 59 heavy (non-hydrogen) atoms. The molecule has 0 aliphatic carbocycles. The normalized spacial score (nSPS) is 17.2. The third-order valence-corrected chi connectivity index (χ3v) is 10.4. The topological polar surface area (TPSA) is 238 Å². The summed E-state index contributed by atoms with van der Waals surface area (Å²) in [5.74, 6) is -2.49. The van der Waals surface area contributed by atoms with Gasteiger partial charge in [-0.2, -0.15) is 13.5 Å². The van der Waals surface area contributed by atoms with Gasteiger partial charge in [0, 0.05) is 57.3 Å². The van der Waals surface area contributed by atoms with E-state index in [1.165, 1.54) is 36.7 Å². The van der Waals surface area contributed by atoms with Gasteiger partial charge < -0.3 is 20.7 Å². The van der Waals surface area contributed by atoms with Crippen molar-refractivity contribution in [1.82, 2.24) is 26.4 Å². The van der Waals surface area contributed by atoms with Crippen LogP contribution >= 0.6 is 0 Å². The summed E-state index contributed by atoms with van der Waals surface area (Å²) in [6, 6.07) is 22.5. The van der Waals surface area contributed by atoms with Crippen LogP contribution in [0.5, 0.6) is 5.75 Å². The maximum atomic E-state index is 13.8. The minimum atomic E-state index is -4.43. The van der Waals surface area contributed by atoms with E-state index >= 15 is 0 Å². The number of nitrogens with one attached hydrogen (secondary N) is 5. The number of hydrazone groups is 1. The second kappa shape index (κ2) is 22.0. The zero-order valence-corrected chi connectivity index (χ0v) is 35.1. The molecule has 2 aliphatic heterocycles. The van der Waals surface area contributed by atoms with E-state index in [0.717, 1.165) is 16.7 Å². The Morgan fingerprint density at radius 1 is 0.949 bits per heavy atom. The third-order valence-electron chi connectivity index (χ3n) is 9.47. The molecular weight excluding hydrogens is 865 g/mol. The number of carbonyl (C=O) groups is 4. The fourth-order valence-corrected chi connectivity index (χ4v) is 7.12. The summed E-state index contributed by atoms with van der Waals surface area (Å²) in [5, 5.41) is 22.1. The molecule has 2 aliphatic rings. The Morgan fingerprint density at radius 3 is 2.25 bits per heavy atom. The molecule has 18 heteroatoms. The summed E-state index contributed by atoms with van der Waals surface area (Å²) in [7, 11) is -4.43. The Morgan fingerprint density at radius 2 is 1.63 bits per heavy atom. The van der Waals surface area contributed by atoms with Gasteiger partial charge in [0.25, 0.3) is 16.0 Å². The molecule has 313 valence electrons. The molecule has 0 spiro atoms. The monoisotopic (exact) mass is 912 g/mol. The van der Waals surface area contributed by atoms with Crippen LogP contribution in [-0.2, 0) is 64.1 Å². The summed E-state index contributed by atoms with van der Waals surface area (Å²) in [5.41, 5.74) is 7.22. The van der Waals surface area contributed by atoms with Crippen molar-refractivity contribution in [2.45, 2.75) is 63.6 Å². The van der Waals surface area contributed by atoms with Gasteiger partial charge in [-0.3, -0.25) is 34.4 Å². The zero-order chi connectivity index (χ0) is 41.7. The molecule has 3 aromatic carbocycles. The number of anilines is 1. The molecule has 4 aromatic rings. The summed E-state index contributed by atoms with van der Waals surface area (Å²) in [6.45, 7) is 4.60. The van der Waals surface area contributed by atoms with Crippen LogP contribution < -0.4 is 31.6 Å². The van der Waals surface area contributed by atoms with Crippen LogP contribution in [0, 0.1) is 17.8 Å². The number of benzene rings is 3. The Bertz CT molecular complexity index is 2190. The summed E-state index contributed by atoms with van der Waals surface area (Å²) >= 11 is 0. The Kier molecular flexibility index (Phi) is 17.2. The molecule has 7 N–H and O–H groups in total. The van der Waals surface area contributed by atoms with E-state index in [-0.39, 0.29) is 61.9 Å². The van der Waals surface area contributed by atoms with Gasteiger partial charge in [-0.25, -0.2) is 10.5 Å². The molecule has 3 heterocycles. The van der Waals surface area contributed by atoms with E-state index in [1.807, 2.05) is 50.2 Å². The SMILES string of the molecule is CC(C)C[C@H]1C(=O)N[C@H](C(=O)NCc2ccc(CNC(=O)c3ccc(N/N=C/c4ccccc4S(=O)(=O)O)nc3)cc2)Cc2ccc(cc2)OCCC[C@@H]1C(=O)NO.[99Tc]. The van der Waals surface area contributed by atoms with E-state index in [9.17, 15) is 37.4 Å². The molecule has 16 nitrogen and oxygen atoms in total. The van der Waals surface area contributed by atoms with E-state index in [1.54, 1.807) is 29.7 Å². The fourth-order valence-electron chi connectivity index (χ4n) is 6.45. The molecule has 2 bridgehead atoms. The average molecular weight is 913 g/mol. The molecule has 0 unspecified atom stereocenters. The van der Waals surface area contributed by atoms with Gasteiger partial charge in [-0.15, -0.1) is 0 Å². The van der Waals surface area contributed by atoms with E-state index in [4.69, 9.17) is 4.74 Å². The number of aromatic nitrogens is 1. The van der Waals surface area contributed by atoms with Crippen LogP contribution in [0.25, 0.3) is 0 Å². The molecule has 3 atom stereocenters. The van der Waals surface area contributed by atoms with Gasteiger partial charge in [0.2, 0.25) is 17.7 Å². The van der Waals surface area contributed by atoms with E-state index in [0.29, 0.717) is 43.0 Å². The van der Waals surface area contributed by atoms with E-state index in [2.05, 4.69) is 31.5 Å². The largest absolute Gasteiger partial charge is 0.494 e. The molecule has 1 aromatic heterocycles. The smallest absolute Gasteiger partial charge is 0.295 e. The van der Waals surface area contributed by atoms with Gasteiger partial charge in [-0.05, 0) is 72.2 Å². The van der Waals surface area contributed by atoms with Gasteiger partial charge in [0.05, 0.1) is 24.3 Å². The first kappa shape index (κ1) is 46.2. The second-order valence-corrected chi connectivity index (χ2v) is 15.6. The molecule has 4 amide bonds. The predicted octanol–water partition coefficient (Wildman–Crippen LogP) is 4.00. The van der Waals surface area contributed by atoms with Crippen molar-refractivity contribution < 1.29 is 62.2 Å².